The van der Waals surface area contributed by atoms with Gasteiger partial charge in [0.05, 0.1) is 6.42 Å². The summed E-state index contributed by atoms with van der Waals surface area (Å²) in [7, 11) is 0. The van der Waals surface area contributed by atoms with Crippen molar-refractivity contribution in [1.82, 2.24) is 16.0 Å². The van der Waals surface area contributed by atoms with Gasteiger partial charge in [-0.15, -0.1) is 0 Å². The summed E-state index contributed by atoms with van der Waals surface area (Å²) in [6, 6.07) is -3.39. The Morgan fingerprint density at radius 2 is 1.41 bits per heavy atom. The number of nitrogens with two attached hydrogens (primary N) is 1. The summed E-state index contributed by atoms with van der Waals surface area (Å²) in [5, 5.41) is 15.6. The minimum absolute atomic E-state index is 0.410. The molecule has 0 bridgehead atoms. The van der Waals surface area contributed by atoms with Crippen molar-refractivity contribution in [3.63, 3.8) is 0 Å². The van der Waals surface area contributed by atoms with Crippen molar-refractivity contribution in [2.24, 2.45) is 5.73 Å². The predicted octanol–water partition coefficient (Wildman–Crippen LogP) is -2.54. The van der Waals surface area contributed by atoms with Crippen LogP contribution in [-0.4, -0.2) is 52.8 Å². The van der Waals surface area contributed by atoms with Gasteiger partial charge in [-0.25, -0.2) is 4.79 Å². The molecule has 124 valence electrons. The van der Waals surface area contributed by atoms with E-state index in [1.54, 1.807) is 0 Å². The molecular formula is C12H20N4O6. The van der Waals surface area contributed by atoms with Crippen LogP contribution in [0.4, 0.5) is 0 Å². The molecule has 4 amide bonds. The lowest BCUT2D eigenvalue weighted by Crippen LogP contribution is -2.54. The fourth-order valence-corrected chi connectivity index (χ4v) is 1.47. The molecule has 0 rings (SSSR count). The van der Waals surface area contributed by atoms with Crippen LogP contribution in [0, 0.1) is 0 Å². The zero-order chi connectivity index (χ0) is 17.4. The van der Waals surface area contributed by atoms with Crippen LogP contribution in [0.25, 0.3) is 0 Å². The molecule has 0 aromatic rings. The lowest BCUT2D eigenvalue weighted by molar-refractivity contribution is -0.143. The number of rotatable bonds is 8. The number of nitrogens with one attached hydrogen (secondary N) is 3. The summed E-state index contributed by atoms with van der Waals surface area (Å²) in [5.74, 6) is -4.12. The van der Waals surface area contributed by atoms with Gasteiger partial charge < -0.3 is 26.8 Å². The smallest absolute Gasteiger partial charge is 0.326 e. The second-order valence-electron chi connectivity index (χ2n) is 4.72. The monoisotopic (exact) mass is 316 g/mol. The highest BCUT2D eigenvalue weighted by molar-refractivity contribution is 5.93. The van der Waals surface area contributed by atoms with Crippen molar-refractivity contribution in [2.75, 3.05) is 0 Å². The van der Waals surface area contributed by atoms with Crippen LogP contribution in [0.3, 0.4) is 0 Å². The number of hydrogen-bond donors (Lipinski definition) is 5. The normalized spacial score (nSPS) is 14.1. The van der Waals surface area contributed by atoms with Crippen LogP contribution in [0.2, 0.25) is 0 Å². The number of aliphatic carboxylic acids is 1. The minimum atomic E-state index is -1.47. The van der Waals surface area contributed by atoms with Crippen molar-refractivity contribution >= 4 is 29.6 Å². The molecule has 0 unspecified atom stereocenters. The van der Waals surface area contributed by atoms with Crippen LogP contribution >= 0.6 is 0 Å². The van der Waals surface area contributed by atoms with E-state index in [9.17, 15) is 24.0 Å². The highest BCUT2D eigenvalue weighted by Gasteiger charge is 2.26. The summed E-state index contributed by atoms with van der Waals surface area (Å²) in [6.07, 6.45) is -0.565. The van der Waals surface area contributed by atoms with Crippen molar-refractivity contribution in [3.05, 3.63) is 0 Å². The molecule has 22 heavy (non-hydrogen) atoms. The maximum Gasteiger partial charge on any atom is 0.326 e. The van der Waals surface area contributed by atoms with E-state index in [2.05, 4.69) is 16.0 Å². The van der Waals surface area contributed by atoms with E-state index < -0.39 is 54.1 Å². The summed E-state index contributed by atoms with van der Waals surface area (Å²) in [4.78, 5) is 55.9. The van der Waals surface area contributed by atoms with Crippen LogP contribution < -0.4 is 21.7 Å². The van der Waals surface area contributed by atoms with Crippen molar-refractivity contribution in [2.45, 2.75) is 45.3 Å². The topological polar surface area (TPSA) is 168 Å². The van der Waals surface area contributed by atoms with Crippen molar-refractivity contribution in [3.8, 4) is 0 Å². The lowest BCUT2D eigenvalue weighted by Gasteiger charge is -2.20. The maximum atomic E-state index is 11.8. The molecule has 6 N–H and O–H groups in total. The Morgan fingerprint density at radius 3 is 1.82 bits per heavy atom. The Balaban J connectivity index is 4.58. The van der Waals surface area contributed by atoms with Gasteiger partial charge in [0.1, 0.15) is 18.1 Å². The summed E-state index contributed by atoms with van der Waals surface area (Å²) in [5.41, 5.74) is 4.89. The van der Waals surface area contributed by atoms with E-state index in [0.717, 1.165) is 0 Å². The van der Waals surface area contributed by atoms with E-state index >= 15 is 0 Å². The van der Waals surface area contributed by atoms with Crippen molar-refractivity contribution in [1.29, 1.82) is 0 Å². The van der Waals surface area contributed by atoms with E-state index in [1.807, 2.05) is 0 Å². The zero-order valence-corrected chi connectivity index (χ0v) is 12.5. The van der Waals surface area contributed by atoms with Crippen LogP contribution in [0.15, 0.2) is 0 Å². The highest BCUT2D eigenvalue weighted by atomic mass is 16.4. The van der Waals surface area contributed by atoms with Gasteiger partial charge >= 0.3 is 5.97 Å². The lowest BCUT2D eigenvalue weighted by atomic mass is 10.1. The van der Waals surface area contributed by atoms with Gasteiger partial charge in [0.25, 0.3) is 0 Å². The van der Waals surface area contributed by atoms with E-state index in [4.69, 9.17) is 10.8 Å². The number of carbonyl (C=O) groups excluding carboxylic acids is 4. The van der Waals surface area contributed by atoms with E-state index in [-0.39, 0.29) is 0 Å². The molecule has 0 aromatic carbocycles. The molecule has 10 heteroatoms. The van der Waals surface area contributed by atoms with Crippen LogP contribution in [0.5, 0.6) is 0 Å². The number of carbonyl (C=O) groups is 5. The van der Waals surface area contributed by atoms with Gasteiger partial charge in [-0.1, -0.05) is 0 Å². The fourth-order valence-electron chi connectivity index (χ4n) is 1.47. The Morgan fingerprint density at radius 1 is 0.955 bits per heavy atom. The van der Waals surface area contributed by atoms with Gasteiger partial charge in [0.15, 0.2) is 0 Å². The first-order valence-electron chi connectivity index (χ1n) is 6.43. The Labute approximate surface area is 126 Å². The molecule has 0 heterocycles. The third kappa shape index (κ3) is 7.22. The Bertz CT molecular complexity index is 478. The maximum absolute atomic E-state index is 11.8. The molecule has 0 saturated carbocycles. The van der Waals surface area contributed by atoms with Crippen LogP contribution in [-0.2, 0) is 24.0 Å². The van der Waals surface area contributed by atoms with E-state index in [1.165, 1.54) is 20.8 Å². The molecule has 3 atom stereocenters. The highest BCUT2D eigenvalue weighted by Crippen LogP contribution is 1.94. The molecular weight excluding hydrogens is 296 g/mol. The van der Waals surface area contributed by atoms with Crippen molar-refractivity contribution < 1.29 is 29.1 Å². The molecule has 0 aliphatic rings. The van der Waals surface area contributed by atoms with E-state index in [0.29, 0.717) is 0 Å². The van der Waals surface area contributed by atoms with Gasteiger partial charge in [0.2, 0.25) is 23.6 Å². The second-order valence-corrected chi connectivity index (χ2v) is 4.72. The third-order valence-corrected chi connectivity index (χ3v) is 2.58. The molecule has 0 aromatic heterocycles. The predicted molar refractivity (Wildman–Crippen MR) is 74.3 cm³/mol. The number of carboxylic acids is 1. The molecule has 0 fully saturated rings. The molecule has 0 radical (unpaired) electrons. The second kappa shape index (κ2) is 8.60. The SMILES string of the molecule is CC(=O)N[C@@H](C)C(=O)N[C@@H](C)C(=O)N[C@@H](CC(N)=O)C(=O)O. The zero-order valence-electron chi connectivity index (χ0n) is 12.5. The molecule has 0 aliphatic heterocycles. The van der Waals surface area contributed by atoms with Gasteiger partial charge in [-0.05, 0) is 13.8 Å². The summed E-state index contributed by atoms with van der Waals surface area (Å²) < 4.78 is 0. The molecule has 0 saturated heterocycles. The minimum Gasteiger partial charge on any atom is -0.480 e. The largest absolute Gasteiger partial charge is 0.480 e. The first-order chi connectivity index (χ1) is 10.0. The van der Waals surface area contributed by atoms with Gasteiger partial charge in [-0.2, -0.15) is 0 Å². The average molecular weight is 316 g/mol. The third-order valence-electron chi connectivity index (χ3n) is 2.58. The summed E-state index contributed by atoms with van der Waals surface area (Å²) in [6.45, 7) is 3.99. The average Bonchev–Trinajstić information content (AvgIpc) is 2.35. The standard InChI is InChI=1S/C12H20N4O6/c1-5(14-7(3)17)10(19)15-6(2)11(20)16-8(12(21)22)4-9(13)18/h5-6,8H,4H2,1-3H3,(H2,13,18)(H,14,17)(H,15,19)(H,16,20)(H,21,22)/t5-,6-,8-/m0/s1. The van der Waals surface area contributed by atoms with Gasteiger partial charge in [0, 0.05) is 6.92 Å². The van der Waals surface area contributed by atoms with Crippen LogP contribution in [0.1, 0.15) is 27.2 Å². The van der Waals surface area contributed by atoms with Gasteiger partial charge in [-0.3, -0.25) is 19.2 Å². The molecule has 0 aliphatic carbocycles. The Kier molecular flexibility index (Phi) is 7.56. The first kappa shape index (κ1) is 19.4. The number of amides is 4. The quantitative estimate of drug-likeness (QED) is 0.330. The first-order valence-corrected chi connectivity index (χ1v) is 6.43. The summed E-state index contributed by atoms with van der Waals surface area (Å²) >= 11 is 0. The fraction of sp³-hybridized carbons (Fsp3) is 0.583. The number of hydrogen-bond acceptors (Lipinski definition) is 5. The Hall–Kier alpha value is -2.65. The molecule has 10 nitrogen and oxygen atoms in total. The number of carboxylic acid groups (broad SMARTS) is 1. The molecule has 0 spiro atoms. The number of primary amides is 1.